The number of hydrogen-bond donors (Lipinski definition) is 1. The molecule has 12 heteroatoms. The maximum absolute atomic E-state index is 13.4. The highest BCUT2D eigenvalue weighted by Gasteiger charge is 2.36. The molecule has 1 aliphatic rings. The number of ether oxygens (including phenoxy) is 1. The molecule has 180 valence electrons. The number of carbonyl (C=O) groups is 2. The molecule has 35 heavy (non-hydrogen) atoms. The molecule has 9 nitrogen and oxygen atoms in total. The van der Waals surface area contributed by atoms with Gasteiger partial charge in [0.1, 0.15) is 24.1 Å². The van der Waals surface area contributed by atoms with Gasteiger partial charge in [-0.05, 0) is 36.8 Å². The molecule has 1 N–H and O–H groups in total. The zero-order valence-corrected chi connectivity index (χ0v) is 18.4. The summed E-state index contributed by atoms with van der Waals surface area (Å²) in [6.45, 7) is 0.590. The van der Waals surface area contributed by atoms with Gasteiger partial charge in [0.15, 0.2) is 0 Å². The maximum atomic E-state index is 13.4. The highest BCUT2D eigenvalue weighted by atomic mass is 19.4. The SMILES string of the molecule is CC1Cn2ncc(C(=O)Nc3ccnc(C#N)c3)c2C(=O)N1c1ccc(COCC(F)(F)F)cc1. The lowest BCUT2D eigenvalue weighted by Gasteiger charge is -2.34. The first-order valence-electron chi connectivity index (χ1n) is 10.5. The quantitative estimate of drug-likeness (QED) is 0.573. The Hall–Kier alpha value is -4.24. The molecular weight excluding hydrogens is 465 g/mol. The summed E-state index contributed by atoms with van der Waals surface area (Å²) in [6, 6.07) is 10.9. The van der Waals surface area contributed by atoms with Gasteiger partial charge in [0, 0.05) is 17.6 Å². The van der Waals surface area contributed by atoms with Crippen LogP contribution in [-0.2, 0) is 17.9 Å². The van der Waals surface area contributed by atoms with Crippen molar-refractivity contribution < 1.29 is 27.5 Å². The molecule has 0 saturated carbocycles. The largest absolute Gasteiger partial charge is 0.411 e. The number of pyridine rings is 1. The number of alkyl halides is 3. The van der Waals surface area contributed by atoms with Gasteiger partial charge in [-0.15, -0.1) is 0 Å². The summed E-state index contributed by atoms with van der Waals surface area (Å²) < 4.78 is 42.9. The molecule has 0 bridgehead atoms. The first-order valence-corrected chi connectivity index (χ1v) is 10.5. The monoisotopic (exact) mass is 484 g/mol. The Morgan fingerprint density at radius 2 is 2.03 bits per heavy atom. The number of anilines is 2. The standard InChI is InChI=1S/C23H19F3N6O3/c1-14-11-31-20(19(10-29-31)21(33)30-16-6-7-28-17(8-16)9-27)22(34)32(14)18-4-2-15(3-5-18)12-35-13-23(24,25)26/h2-8,10,14H,11-13H2,1H3,(H,28,30,33). The van der Waals surface area contributed by atoms with Crippen molar-refractivity contribution in [1.29, 1.82) is 5.26 Å². The van der Waals surface area contributed by atoms with Crippen molar-refractivity contribution in [3.63, 3.8) is 0 Å². The first kappa shape index (κ1) is 23.9. The van der Waals surface area contributed by atoms with Crippen molar-refractivity contribution >= 4 is 23.2 Å². The Morgan fingerprint density at radius 1 is 1.29 bits per heavy atom. The Bertz CT molecular complexity index is 1300. The van der Waals surface area contributed by atoms with E-state index in [4.69, 9.17) is 5.26 Å². The van der Waals surface area contributed by atoms with E-state index in [9.17, 15) is 22.8 Å². The van der Waals surface area contributed by atoms with Crippen molar-refractivity contribution in [2.45, 2.75) is 32.3 Å². The van der Waals surface area contributed by atoms with Gasteiger partial charge in [-0.3, -0.25) is 14.3 Å². The number of nitrogens with one attached hydrogen (secondary N) is 1. The molecule has 4 rings (SSSR count). The zero-order valence-electron chi connectivity index (χ0n) is 18.4. The van der Waals surface area contributed by atoms with Crippen molar-refractivity contribution in [3.8, 4) is 6.07 Å². The second kappa shape index (κ2) is 9.55. The molecule has 0 aliphatic carbocycles. The molecule has 1 atom stereocenters. The van der Waals surface area contributed by atoms with E-state index in [0.29, 0.717) is 23.5 Å². The number of benzene rings is 1. The molecule has 3 heterocycles. The third kappa shape index (κ3) is 5.30. The number of carbonyl (C=O) groups excluding carboxylic acids is 2. The molecule has 2 amide bonds. The van der Waals surface area contributed by atoms with Gasteiger partial charge < -0.3 is 15.0 Å². The summed E-state index contributed by atoms with van der Waals surface area (Å²) in [5, 5.41) is 15.8. The number of aromatic nitrogens is 3. The van der Waals surface area contributed by atoms with Crippen molar-refractivity contribution in [3.05, 3.63) is 71.3 Å². The molecule has 3 aromatic rings. The second-order valence-electron chi connectivity index (χ2n) is 7.88. The van der Waals surface area contributed by atoms with E-state index in [1.54, 1.807) is 24.3 Å². The summed E-state index contributed by atoms with van der Waals surface area (Å²) >= 11 is 0. The molecule has 0 saturated heterocycles. The van der Waals surface area contributed by atoms with Gasteiger partial charge in [-0.25, -0.2) is 4.98 Å². The average molecular weight is 484 g/mol. The Balaban J connectivity index is 1.53. The van der Waals surface area contributed by atoms with E-state index < -0.39 is 24.6 Å². The number of halogens is 3. The molecule has 1 unspecified atom stereocenters. The predicted molar refractivity (Wildman–Crippen MR) is 118 cm³/mol. The van der Waals surface area contributed by atoms with Gasteiger partial charge in [-0.1, -0.05) is 12.1 Å². The topological polar surface area (TPSA) is 113 Å². The Kier molecular flexibility index (Phi) is 6.52. The Morgan fingerprint density at radius 3 is 2.71 bits per heavy atom. The third-order valence-corrected chi connectivity index (χ3v) is 5.26. The van der Waals surface area contributed by atoms with E-state index in [-0.39, 0.29) is 29.6 Å². The highest BCUT2D eigenvalue weighted by Crippen LogP contribution is 2.28. The maximum Gasteiger partial charge on any atom is 0.411 e. The summed E-state index contributed by atoms with van der Waals surface area (Å²) in [7, 11) is 0. The van der Waals surface area contributed by atoms with E-state index in [1.165, 1.54) is 34.1 Å². The second-order valence-corrected chi connectivity index (χ2v) is 7.88. The highest BCUT2D eigenvalue weighted by molar-refractivity contribution is 6.15. The third-order valence-electron chi connectivity index (χ3n) is 5.26. The minimum atomic E-state index is -4.40. The number of fused-ring (bicyclic) bond motifs is 1. The molecule has 1 aromatic carbocycles. The van der Waals surface area contributed by atoms with Crippen LogP contribution in [-0.4, -0.2) is 45.4 Å². The minimum Gasteiger partial charge on any atom is -0.367 e. The lowest BCUT2D eigenvalue weighted by atomic mass is 10.1. The van der Waals surface area contributed by atoms with E-state index in [0.717, 1.165) is 0 Å². The minimum absolute atomic E-state index is 0.0689. The van der Waals surface area contributed by atoms with Crippen LogP contribution in [0.3, 0.4) is 0 Å². The summed E-state index contributed by atoms with van der Waals surface area (Å²) in [5.41, 5.74) is 1.69. The Labute approximate surface area is 197 Å². The van der Waals surface area contributed by atoms with Crippen LogP contribution in [0.25, 0.3) is 0 Å². The number of rotatable bonds is 6. The smallest absolute Gasteiger partial charge is 0.367 e. The van der Waals surface area contributed by atoms with E-state index in [1.807, 2.05) is 13.0 Å². The molecule has 0 radical (unpaired) electrons. The summed E-state index contributed by atoms with van der Waals surface area (Å²) in [5.74, 6) is -1.01. The summed E-state index contributed by atoms with van der Waals surface area (Å²) in [4.78, 5) is 31.7. The summed E-state index contributed by atoms with van der Waals surface area (Å²) in [6.07, 6.45) is -1.71. The first-order chi connectivity index (χ1) is 16.7. The average Bonchev–Trinajstić information content (AvgIpc) is 3.23. The lowest BCUT2D eigenvalue weighted by Crippen LogP contribution is -2.47. The van der Waals surface area contributed by atoms with E-state index in [2.05, 4.69) is 20.1 Å². The fraction of sp³-hybridized carbons (Fsp3) is 0.261. The van der Waals surface area contributed by atoms with E-state index >= 15 is 0 Å². The van der Waals surface area contributed by atoms with Crippen molar-refractivity contribution in [2.75, 3.05) is 16.8 Å². The molecule has 0 fully saturated rings. The fourth-order valence-corrected chi connectivity index (χ4v) is 3.74. The van der Waals surface area contributed by atoms with Crippen LogP contribution in [0.1, 0.15) is 39.0 Å². The van der Waals surface area contributed by atoms with Gasteiger partial charge in [0.25, 0.3) is 11.8 Å². The van der Waals surface area contributed by atoms with Crippen LogP contribution in [0.5, 0.6) is 0 Å². The van der Waals surface area contributed by atoms with Crippen LogP contribution < -0.4 is 10.2 Å². The number of amides is 2. The molecule has 1 aliphatic heterocycles. The van der Waals surface area contributed by atoms with Crippen molar-refractivity contribution in [2.24, 2.45) is 0 Å². The number of hydrogen-bond acceptors (Lipinski definition) is 6. The number of nitrogens with zero attached hydrogens (tertiary/aromatic N) is 5. The van der Waals surface area contributed by atoms with Gasteiger partial charge in [0.2, 0.25) is 0 Å². The van der Waals surface area contributed by atoms with Crippen LogP contribution >= 0.6 is 0 Å². The van der Waals surface area contributed by atoms with Crippen LogP contribution in [0.15, 0.2) is 48.8 Å². The molecule has 2 aromatic heterocycles. The zero-order chi connectivity index (χ0) is 25.2. The normalized spacial score (nSPS) is 15.5. The predicted octanol–water partition coefficient (Wildman–Crippen LogP) is 3.53. The van der Waals surface area contributed by atoms with Gasteiger partial charge in [-0.2, -0.15) is 23.5 Å². The fourth-order valence-electron chi connectivity index (χ4n) is 3.74. The van der Waals surface area contributed by atoms with Crippen LogP contribution in [0.4, 0.5) is 24.5 Å². The van der Waals surface area contributed by atoms with Gasteiger partial charge in [0.05, 0.1) is 31.0 Å². The lowest BCUT2D eigenvalue weighted by molar-refractivity contribution is -0.176. The van der Waals surface area contributed by atoms with Crippen LogP contribution in [0.2, 0.25) is 0 Å². The number of nitriles is 1. The molecular formula is C23H19F3N6O3. The van der Waals surface area contributed by atoms with Gasteiger partial charge >= 0.3 is 6.18 Å². The molecule has 0 spiro atoms. The van der Waals surface area contributed by atoms with Crippen molar-refractivity contribution in [1.82, 2.24) is 14.8 Å². The van der Waals surface area contributed by atoms with Crippen LogP contribution in [0, 0.1) is 11.3 Å².